The Morgan fingerprint density at radius 2 is 2.00 bits per heavy atom. The zero-order valence-corrected chi connectivity index (χ0v) is 8.79. The number of hydrogen-bond donors (Lipinski definition) is 2. The summed E-state index contributed by atoms with van der Waals surface area (Å²) >= 11 is 0. The molecule has 0 saturated heterocycles. The minimum absolute atomic E-state index is 0.0437. The average molecular weight is 212 g/mol. The lowest BCUT2D eigenvalue weighted by atomic mass is 9.73. The number of rotatable bonds is 3. The molecular weight excluding hydrogens is 196 g/mol. The Balaban J connectivity index is 1.77. The smallest absolute Gasteiger partial charge is 0.325 e. The van der Waals surface area contributed by atoms with Crippen LogP contribution in [0.2, 0.25) is 0 Å². The van der Waals surface area contributed by atoms with Gasteiger partial charge in [-0.25, -0.2) is 0 Å². The molecule has 2 saturated carbocycles. The first-order valence-corrected chi connectivity index (χ1v) is 5.23. The van der Waals surface area contributed by atoms with Crippen LogP contribution < -0.4 is 11.1 Å². The monoisotopic (exact) mass is 212 g/mol. The molecule has 3 N–H and O–H groups in total. The van der Waals surface area contributed by atoms with Crippen LogP contribution in [0.15, 0.2) is 0 Å². The first-order chi connectivity index (χ1) is 7.05. The average Bonchev–Trinajstić information content (AvgIpc) is 2.96. The van der Waals surface area contributed by atoms with Crippen LogP contribution in [0.1, 0.15) is 25.7 Å². The first kappa shape index (κ1) is 10.4. The summed E-state index contributed by atoms with van der Waals surface area (Å²) in [4.78, 5) is 22.6. The SMILES string of the molecule is COC(=O)C1(N)CC(NC(=O)C2CC2)C1. The molecule has 0 unspecified atom stereocenters. The molecule has 5 nitrogen and oxygen atoms in total. The second-order valence-corrected chi connectivity index (χ2v) is 4.54. The normalized spacial score (nSPS) is 34.1. The third-order valence-corrected chi connectivity index (χ3v) is 3.11. The predicted molar refractivity (Wildman–Crippen MR) is 52.8 cm³/mol. The fraction of sp³-hybridized carbons (Fsp3) is 0.800. The van der Waals surface area contributed by atoms with Gasteiger partial charge in [-0.1, -0.05) is 0 Å². The van der Waals surface area contributed by atoms with Crippen molar-refractivity contribution < 1.29 is 14.3 Å². The van der Waals surface area contributed by atoms with E-state index in [1.54, 1.807) is 0 Å². The van der Waals surface area contributed by atoms with Gasteiger partial charge in [0.05, 0.1) is 7.11 Å². The van der Waals surface area contributed by atoms with Crippen molar-refractivity contribution >= 4 is 11.9 Å². The van der Waals surface area contributed by atoms with Gasteiger partial charge in [0, 0.05) is 12.0 Å². The highest BCUT2D eigenvalue weighted by Crippen LogP contribution is 2.33. The summed E-state index contributed by atoms with van der Waals surface area (Å²) in [6.07, 6.45) is 2.95. The van der Waals surface area contributed by atoms with Crippen LogP contribution in [0.5, 0.6) is 0 Å². The molecule has 84 valence electrons. The molecule has 0 aromatic heterocycles. The van der Waals surface area contributed by atoms with E-state index in [0.717, 1.165) is 12.8 Å². The molecule has 15 heavy (non-hydrogen) atoms. The molecule has 0 atom stereocenters. The molecule has 2 rings (SSSR count). The second-order valence-electron chi connectivity index (χ2n) is 4.54. The van der Waals surface area contributed by atoms with E-state index in [2.05, 4.69) is 10.1 Å². The number of amides is 1. The van der Waals surface area contributed by atoms with Crippen molar-refractivity contribution in [1.82, 2.24) is 5.32 Å². The highest BCUT2D eigenvalue weighted by Gasteiger charge is 2.49. The minimum atomic E-state index is -0.879. The van der Waals surface area contributed by atoms with Gasteiger partial charge in [-0.15, -0.1) is 0 Å². The Kier molecular flexibility index (Phi) is 2.42. The molecule has 0 bridgehead atoms. The minimum Gasteiger partial charge on any atom is -0.468 e. The Morgan fingerprint density at radius 1 is 1.40 bits per heavy atom. The standard InChI is InChI=1S/C10H16N2O3/c1-15-9(14)10(11)4-7(5-10)12-8(13)6-2-3-6/h6-7H,2-5,11H2,1H3,(H,12,13). The third kappa shape index (κ3) is 1.97. The van der Waals surface area contributed by atoms with E-state index in [0.29, 0.717) is 12.8 Å². The van der Waals surface area contributed by atoms with Gasteiger partial charge >= 0.3 is 5.97 Å². The van der Waals surface area contributed by atoms with Crippen molar-refractivity contribution in [3.63, 3.8) is 0 Å². The van der Waals surface area contributed by atoms with Crippen molar-refractivity contribution in [2.75, 3.05) is 7.11 Å². The van der Waals surface area contributed by atoms with Crippen LogP contribution in [0, 0.1) is 5.92 Å². The van der Waals surface area contributed by atoms with Gasteiger partial charge in [-0.05, 0) is 25.7 Å². The van der Waals surface area contributed by atoms with Gasteiger partial charge in [0.25, 0.3) is 0 Å². The summed E-state index contributed by atoms with van der Waals surface area (Å²) in [5, 5.41) is 2.89. The maximum Gasteiger partial charge on any atom is 0.325 e. The van der Waals surface area contributed by atoms with Crippen LogP contribution in [-0.4, -0.2) is 30.6 Å². The summed E-state index contributed by atoms with van der Waals surface area (Å²) in [6.45, 7) is 0. The molecular formula is C10H16N2O3. The van der Waals surface area contributed by atoms with E-state index >= 15 is 0 Å². The number of hydrogen-bond acceptors (Lipinski definition) is 4. The molecule has 0 radical (unpaired) electrons. The largest absolute Gasteiger partial charge is 0.468 e. The van der Waals surface area contributed by atoms with E-state index in [1.807, 2.05) is 0 Å². The molecule has 2 aliphatic rings. The molecule has 2 fully saturated rings. The zero-order chi connectivity index (χ0) is 11.1. The fourth-order valence-electron chi connectivity index (χ4n) is 1.96. The van der Waals surface area contributed by atoms with E-state index in [1.165, 1.54) is 7.11 Å². The van der Waals surface area contributed by atoms with Crippen LogP contribution in [-0.2, 0) is 14.3 Å². The van der Waals surface area contributed by atoms with Gasteiger partial charge in [-0.3, -0.25) is 9.59 Å². The quantitative estimate of drug-likeness (QED) is 0.620. The molecule has 5 heteroatoms. The summed E-state index contributed by atoms with van der Waals surface area (Å²) in [5.74, 6) is -0.0813. The molecule has 0 aliphatic heterocycles. The number of carbonyl (C=O) groups excluding carboxylic acids is 2. The van der Waals surface area contributed by atoms with Gasteiger partial charge in [0.2, 0.25) is 5.91 Å². The summed E-state index contributed by atoms with van der Waals surface area (Å²) < 4.78 is 4.59. The number of carbonyl (C=O) groups is 2. The Morgan fingerprint density at radius 3 is 2.47 bits per heavy atom. The lowest BCUT2D eigenvalue weighted by Gasteiger charge is -2.42. The predicted octanol–water partition coefficient (Wildman–Crippen LogP) is -0.454. The first-order valence-electron chi connectivity index (χ1n) is 5.23. The molecule has 0 heterocycles. The lowest BCUT2D eigenvalue weighted by molar-refractivity contribution is -0.152. The Labute approximate surface area is 88.3 Å². The Bertz CT molecular complexity index is 293. The number of methoxy groups -OCH3 is 1. The number of nitrogens with two attached hydrogens (primary N) is 1. The summed E-state index contributed by atoms with van der Waals surface area (Å²) in [7, 11) is 1.33. The van der Waals surface area contributed by atoms with Crippen LogP contribution in [0.4, 0.5) is 0 Å². The fourth-order valence-corrected chi connectivity index (χ4v) is 1.96. The van der Waals surface area contributed by atoms with Crippen molar-refractivity contribution in [2.45, 2.75) is 37.3 Å². The van der Waals surface area contributed by atoms with Crippen LogP contribution in [0.25, 0.3) is 0 Å². The maximum atomic E-state index is 11.4. The van der Waals surface area contributed by atoms with Gasteiger partial charge in [-0.2, -0.15) is 0 Å². The molecule has 0 aromatic rings. The van der Waals surface area contributed by atoms with Gasteiger partial charge in [0.1, 0.15) is 5.54 Å². The molecule has 2 aliphatic carbocycles. The van der Waals surface area contributed by atoms with E-state index in [4.69, 9.17) is 5.73 Å². The van der Waals surface area contributed by atoms with Crippen molar-refractivity contribution in [3.05, 3.63) is 0 Å². The van der Waals surface area contributed by atoms with Gasteiger partial charge < -0.3 is 15.8 Å². The van der Waals surface area contributed by atoms with E-state index in [-0.39, 0.29) is 23.8 Å². The number of esters is 1. The summed E-state index contributed by atoms with van der Waals surface area (Å²) in [5.41, 5.74) is 4.91. The zero-order valence-electron chi connectivity index (χ0n) is 8.79. The molecule has 1 amide bonds. The van der Waals surface area contributed by atoms with Crippen molar-refractivity contribution in [2.24, 2.45) is 11.7 Å². The maximum absolute atomic E-state index is 11.4. The van der Waals surface area contributed by atoms with E-state index in [9.17, 15) is 9.59 Å². The number of ether oxygens (including phenoxy) is 1. The van der Waals surface area contributed by atoms with E-state index < -0.39 is 5.54 Å². The van der Waals surface area contributed by atoms with Gasteiger partial charge in [0.15, 0.2) is 0 Å². The highest BCUT2D eigenvalue weighted by molar-refractivity contribution is 5.84. The Hall–Kier alpha value is -1.10. The second kappa shape index (κ2) is 3.48. The topological polar surface area (TPSA) is 81.4 Å². The third-order valence-electron chi connectivity index (χ3n) is 3.11. The number of nitrogens with one attached hydrogen (secondary N) is 1. The highest BCUT2D eigenvalue weighted by atomic mass is 16.5. The van der Waals surface area contributed by atoms with Crippen molar-refractivity contribution in [1.29, 1.82) is 0 Å². The van der Waals surface area contributed by atoms with Crippen LogP contribution in [0.3, 0.4) is 0 Å². The molecule has 0 aromatic carbocycles. The lowest BCUT2D eigenvalue weighted by Crippen LogP contribution is -2.64. The van der Waals surface area contributed by atoms with Crippen LogP contribution >= 0.6 is 0 Å². The van der Waals surface area contributed by atoms with Crippen molar-refractivity contribution in [3.8, 4) is 0 Å². The molecule has 0 spiro atoms. The summed E-state index contributed by atoms with van der Waals surface area (Å²) in [6, 6.07) is 0.0437.